The van der Waals surface area contributed by atoms with E-state index in [0.29, 0.717) is 6.04 Å². The molecule has 0 radical (unpaired) electrons. The molecule has 5 heteroatoms. The Morgan fingerprint density at radius 2 is 1.95 bits per heavy atom. The van der Waals surface area contributed by atoms with Crippen molar-refractivity contribution in [1.29, 1.82) is 0 Å². The van der Waals surface area contributed by atoms with Crippen molar-refractivity contribution in [2.75, 3.05) is 11.6 Å². The quantitative estimate of drug-likeness (QED) is 0.933. The summed E-state index contributed by atoms with van der Waals surface area (Å²) in [5, 5.41) is 3.76. The number of hydrogen-bond acceptors (Lipinski definition) is 4. The summed E-state index contributed by atoms with van der Waals surface area (Å²) in [5.74, 6) is 3.67. The fourth-order valence-electron chi connectivity index (χ4n) is 5.13. The van der Waals surface area contributed by atoms with Gasteiger partial charge in [0.15, 0.2) is 14.9 Å². The third-order valence-electron chi connectivity index (χ3n) is 5.90. The molecule has 0 aromatic carbocycles. The van der Waals surface area contributed by atoms with Crippen molar-refractivity contribution in [3.8, 4) is 0 Å². The summed E-state index contributed by atoms with van der Waals surface area (Å²) < 4.78 is 22.9. The lowest BCUT2D eigenvalue weighted by molar-refractivity contribution is 0.243. The summed E-state index contributed by atoms with van der Waals surface area (Å²) in [6, 6.07) is 4.00. The fourth-order valence-corrected chi connectivity index (χ4v) is 5.69. The molecule has 3 saturated carbocycles. The smallest absolute Gasteiger partial charge is 0.192 e. The summed E-state index contributed by atoms with van der Waals surface area (Å²) >= 11 is 0. The number of fused-ring (bicyclic) bond motifs is 5. The first-order valence-corrected chi connectivity index (χ1v) is 9.84. The van der Waals surface area contributed by atoms with Crippen LogP contribution in [0.1, 0.15) is 32.1 Å². The van der Waals surface area contributed by atoms with Crippen LogP contribution in [-0.4, -0.2) is 25.7 Å². The van der Waals surface area contributed by atoms with Crippen molar-refractivity contribution in [2.45, 2.75) is 43.2 Å². The molecular formula is C16H22N2O2S. The Kier molecular flexibility index (Phi) is 3.03. The first kappa shape index (κ1) is 13.6. The largest absolute Gasteiger partial charge is 0.381 e. The Morgan fingerprint density at radius 3 is 2.67 bits per heavy atom. The Balaban J connectivity index is 1.48. The average Bonchev–Trinajstić information content (AvgIpc) is 3.10. The lowest BCUT2D eigenvalue weighted by atomic mass is 9.79. The van der Waals surface area contributed by atoms with Crippen molar-refractivity contribution < 1.29 is 8.42 Å². The zero-order valence-electron chi connectivity index (χ0n) is 12.3. The van der Waals surface area contributed by atoms with Crippen LogP contribution in [0.5, 0.6) is 0 Å². The molecule has 0 aliphatic heterocycles. The minimum absolute atomic E-state index is 0.150. The van der Waals surface area contributed by atoms with Gasteiger partial charge < -0.3 is 5.32 Å². The lowest BCUT2D eigenvalue weighted by Gasteiger charge is -2.32. The van der Waals surface area contributed by atoms with Crippen LogP contribution in [0.15, 0.2) is 23.4 Å². The molecule has 2 bridgehead atoms. The maximum atomic E-state index is 11.4. The lowest BCUT2D eigenvalue weighted by Crippen LogP contribution is -2.33. The van der Waals surface area contributed by atoms with E-state index in [0.717, 1.165) is 29.4 Å². The molecule has 5 unspecified atom stereocenters. The molecule has 1 aromatic rings. The van der Waals surface area contributed by atoms with Gasteiger partial charge in [-0.05, 0) is 61.5 Å². The van der Waals surface area contributed by atoms with E-state index in [4.69, 9.17) is 0 Å². The first-order valence-electron chi connectivity index (χ1n) is 7.95. The van der Waals surface area contributed by atoms with Crippen molar-refractivity contribution in [1.82, 2.24) is 4.98 Å². The standard InChI is InChI=1S/C16H22N2O2S/c1-21(19,20)16-6-5-11(9-17-16)18-15-8-10-7-14(15)13-4-2-3-12(10)13/h5-6,9-10,12-15,18H,2-4,7-8H2,1H3. The van der Waals surface area contributed by atoms with Crippen LogP contribution >= 0.6 is 0 Å². The van der Waals surface area contributed by atoms with Crippen LogP contribution in [0.2, 0.25) is 0 Å². The van der Waals surface area contributed by atoms with E-state index in [2.05, 4.69) is 10.3 Å². The zero-order chi connectivity index (χ0) is 14.6. The SMILES string of the molecule is CS(=O)(=O)c1ccc(NC2CC3CC2C2CCCC32)cn1. The van der Waals surface area contributed by atoms with Crippen molar-refractivity contribution in [3.05, 3.63) is 18.3 Å². The van der Waals surface area contributed by atoms with Crippen LogP contribution in [-0.2, 0) is 9.84 Å². The van der Waals surface area contributed by atoms with Gasteiger partial charge in [0.2, 0.25) is 0 Å². The number of aromatic nitrogens is 1. The van der Waals surface area contributed by atoms with Crippen molar-refractivity contribution in [2.24, 2.45) is 23.7 Å². The monoisotopic (exact) mass is 306 g/mol. The molecule has 0 amide bonds. The maximum Gasteiger partial charge on any atom is 0.192 e. The number of sulfone groups is 1. The van der Waals surface area contributed by atoms with Gasteiger partial charge in [0.1, 0.15) is 0 Å². The molecule has 1 aromatic heterocycles. The number of pyridine rings is 1. The van der Waals surface area contributed by atoms with Crippen LogP contribution in [0.25, 0.3) is 0 Å². The molecule has 5 atom stereocenters. The van der Waals surface area contributed by atoms with E-state index in [1.165, 1.54) is 38.4 Å². The topological polar surface area (TPSA) is 59.1 Å². The zero-order valence-corrected chi connectivity index (χ0v) is 13.1. The number of anilines is 1. The number of nitrogens with zero attached hydrogens (tertiary/aromatic N) is 1. The van der Waals surface area contributed by atoms with Gasteiger partial charge in [0.05, 0.1) is 11.9 Å². The highest BCUT2D eigenvalue weighted by atomic mass is 32.2. The molecule has 0 spiro atoms. The molecule has 114 valence electrons. The summed E-state index contributed by atoms with van der Waals surface area (Å²) in [5.41, 5.74) is 0.953. The molecule has 4 rings (SSSR count). The predicted octanol–water partition coefficient (Wildman–Crippen LogP) is 2.72. The van der Waals surface area contributed by atoms with Crippen molar-refractivity contribution >= 4 is 15.5 Å². The van der Waals surface area contributed by atoms with Gasteiger partial charge in [-0.15, -0.1) is 0 Å². The van der Waals surface area contributed by atoms with E-state index >= 15 is 0 Å². The van der Waals surface area contributed by atoms with E-state index in [1.807, 2.05) is 6.07 Å². The first-order chi connectivity index (χ1) is 10.0. The van der Waals surface area contributed by atoms with Gasteiger partial charge in [-0.25, -0.2) is 13.4 Å². The molecule has 21 heavy (non-hydrogen) atoms. The normalized spacial score (nSPS) is 37.7. The third-order valence-corrected chi connectivity index (χ3v) is 6.90. The third kappa shape index (κ3) is 2.26. The highest BCUT2D eigenvalue weighted by Crippen LogP contribution is 2.59. The van der Waals surface area contributed by atoms with Gasteiger partial charge in [-0.1, -0.05) is 6.42 Å². The molecule has 1 heterocycles. The average molecular weight is 306 g/mol. The van der Waals surface area contributed by atoms with E-state index in [9.17, 15) is 8.42 Å². The number of nitrogens with one attached hydrogen (secondary N) is 1. The Morgan fingerprint density at radius 1 is 1.14 bits per heavy atom. The summed E-state index contributed by atoms with van der Waals surface area (Å²) in [6.45, 7) is 0. The summed E-state index contributed by atoms with van der Waals surface area (Å²) in [6.07, 6.45) is 9.80. The number of hydrogen-bond donors (Lipinski definition) is 1. The second kappa shape index (κ2) is 4.70. The minimum atomic E-state index is -3.21. The molecule has 3 aliphatic rings. The summed E-state index contributed by atoms with van der Waals surface area (Å²) in [7, 11) is -3.21. The van der Waals surface area contributed by atoms with Crippen LogP contribution in [0.4, 0.5) is 5.69 Å². The molecule has 3 fully saturated rings. The van der Waals surface area contributed by atoms with Crippen LogP contribution in [0, 0.1) is 23.7 Å². The highest BCUT2D eigenvalue weighted by molar-refractivity contribution is 7.90. The Bertz CT molecular complexity index is 641. The van der Waals surface area contributed by atoms with Gasteiger partial charge in [-0.2, -0.15) is 0 Å². The molecule has 0 saturated heterocycles. The predicted molar refractivity (Wildman–Crippen MR) is 81.8 cm³/mol. The van der Waals surface area contributed by atoms with Crippen LogP contribution in [0.3, 0.4) is 0 Å². The maximum absolute atomic E-state index is 11.4. The summed E-state index contributed by atoms with van der Waals surface area (Å²) in [4.78, 5) is 4.07. The van der Waals surface area contributed by atoms with Gasteiger partial charge in [0.25, 0.3) is 0 Å². The van der Waals surface area contributed by atoms with Gasteiger partial charge in [-0.3, -0.25) is 0 Å². The molecule has 4 nitrogen and oxygen atoms in total. The van der Waals surface area contributed by atoms with Crippen molar-refractivity contribution in [3.63, 3.8) is 0 Å². The highest BCUT2D eigenvalue weighted by Gasteiger charge is 2.53. The molecule has 1 N–H and O–H groups in total. The van der Waals surface area contributed by atoms with Crippen LogP contribution < -0.4 is 5.32 Å². The Labute approximate surface area is 126 Å². The molecular weight excluding hydrogens is 284 g/mol. The molecule has 3 aliphatic carbocycles. The van der Waals surface area contributed by atoms with E-state index in [1.54, 1.807) is 12.3 Å². The second-order valence-corrected chi connectivity index (χ2v) is 9.02. The van der Waals surface area contributed by atoms with Gasteiger partial charge >= 0.3 is 0 Å². The second-order valence-electron chi connectivity index (χ2n) is 7.06. The minimum Gasteiger partial charge on any atom is -0.381 e. The fraction of sp³-hybridized carbons (Fsp3) is 0.688. The van der Waals surface area contributed by atoms with Gasteiger partial charge in [0, 0.05) is 12.3 Å². The Hall–Kier alpha value is -1.10. The number of rotatable bonds is 3. The van der Waals surface area contributed by atoms with E-state index in [-0.39, 0.29) is 5.03 Å². The van der Waals surface area contributed by atoms with E-state index < -0.39 is 9.84 Å².